The third-order valence-electron chi connectivity index (χ3n) is 6.00. The first-order valence-corrected chi connectivity index (χ1v) is 10.2. The molecule has 0 saturated carbocycles. The van der Waals surface area contributed by atoms with Gasteiger partial charge < -0.3 is 10.4 Å². The number of carbonyl (C=O) groups excluding carboxylic acids is 2. The second kappa shape index (κ2) is 8.61. The molecule has 2 aromatic rings. The third kappa shape index (κ3) is 4.61. The van der Waals surface area contributed by atoms with Gasteiger partial charge in [-0.25, -0.2) is 0 Å². The fourth-order valence-corrected chi connectivity index (χ4v) is 4.09. The lowest BCUT2D eigenvalue weighted by atomic mass is 9.79. The number of anilines is 2. The highest BCUT2D eigenvalue weighted by Gasteiger charge is 2.52. The summed E-state index contributed by atoms with van der Waals surface area (Å²) in [4.78, 5) is 26.6. The Bertz CT molecular complexity index is 1070. The molecule has 2 atom stereocenters. The molecule has 1 aliphatic rings. The van der Waals surface area contributed by atoms with E-state index in [1.54, 1.807) is 32.0 Å². The molecule has 5 nitrogen and oxygen atoms in total. The summed E-state index contributed by atoms with van der Waals surface area (Å²) in [5.41, 5.74) is -4.78. The lowest BCUT2D eigenvalue weighted by Gasteiger charge is -2.37. The van der Waals surface area contributed by atoms with E-state index in [9.17, 15) is 41.0 Å². The molecule has 11 heteroatoms. The quantitative estimate of drug-likeness (QED) is 0.602. The topological polar surface area (TPSA) is 69.6 Å². The number of nitrogens with one attached hydrogen (secondary N) is 1. The Morgan fingerprint density at radius 3 is 1.91 bits per heavy atom. The Balaban J connectivity index is 2.36. The fourth-order valence-electron chi connectivity index (χ4n) is 4.09. The Hall–Kier alpha value is -3.08. The molecule has 2 unspecified atom stereocenters. The van der Waals surface area contributed by atoms with E-state index in [0.717, 1.165) is 4.90 Å². The molecule has 0 bridgehead atoms. The van der Waals surface area contributed by atoms with E-state index >= 15 is 0 Å². The molecule has 0 radical (unpaired) electrons. The summed E-state index contributed by atoms with van der Waals surface area (Å²) >= 11 is 0. The molecular weight excluding hydrogens is 466 g/mol. The van der Waals surface area contributed by atoms with Gasteiger partial charge in [-0.05, 0) is 50.1 Å². The number of carbonyl (C=O) groups is 2. The van der Waals surface area contributed by atoms with Crippen LogP contribution in [0.5, 0.6) is 0 Å². The number of hydrogen-bond acceptors (Lipinski definition) is 3. The number of amides is 2. The van der Waals surface area contributed by atoms with Crippen molar-refractivity contribution in [2.75, 3.05) is 11.4 Å². The number of aryl methyl sites for hydroxylation is 2. The van der Waals surface area contributed by atoms with E-state index in [-0.39, 0.29) is 18.3 Å². The zero-order valence-electron chi connectivity index (χ0n) is 18.4. The van der Waals surface area contributed by atoms with Gasteiger partial charge in [0.1, 0.15) is 5.41 Å². The lowest BCUT2D eigenvalue weighted by Crippen LogP contribution is -2.50. The van der Waals surface area contributed by atoms with Crippen LogP contribution >= 0.6 is 0 Å². The molecule has 2 amide bonds. The molecule has 0 spiro atoms. The van der Waals surface area contributed by atoms with Gasteiger partial charge in [-0.2, -0.15) is 26.3 Å². The van der Waals surface area contributed by atoms with Crippen LogP contribution in [0.4, 0.5) is 37.7 Å². The minimum atomic E-state index is -5.13. The van der Waals surface area contributed by atoms with Gasteiger partial charge in [0.05, 0.1) is 28.6 Å². The standard InChI is InChI=1S/C23H22F6N2O3/c1-12-5-4-6-13(2)19(12)31(20(34)21(14(3)32)10-18(33)30-11-21)17-8-15(22(24,25)26)7-16(9-17)23(27,28)29/h4-9,14,32H,10-11H2,1-3H3,(H,30,33). The van der Waals surface area contributed by atoms with E-state index in [1.165, 1.54) is 6.92 Å². The van der Waals surface area contributed by atoms with Crippen molar-refractivity contribution in [1.82, 2.24) is 5.32 Å². The average Bonchev–Trinajstić information content (AvgIpc) is 3.12. The van der Waals surface area contributed by atoms with Gasteiger partial charge in [-0.3, -0.25) is 14.5 Å². The Labute approximate surface area is 191 Å². The van der Waals surface area contributed by atoms with Gasteiger partial charge in [0.15, 0.2) is 0 Å². The number of para-hydroxylation sites is 1. The van der Waals surface area contributed by atoms with Crippen LogP contribution in [0.2, 0.25) is 0 Å². The van der Waals surface area contributed by atoms with Crippen LogP contribution in [0, 0.1) is 19.3 Å². The van der Waals surface area contributed by atoms with Gasteiger partial charge in [0.25, 0.3) is 0 Å². The van der Waals surface area contributed by atoms with E-state index in [1.807, 2.05) is 0 Å². The molecule has 3 rings (SSSR count). The first-order chi connectivity index (χ1) is 15.6. The number of rotatable bonds is 4. The monoisotopic (exact) mass is 488 g/mol. The number of nitrogens with zero attached hydrogens (tertiary/aromatic N) is 1. The first kappa shape index (κ1) is 25.5. The molecule has 2 N–H and O–H groups in total. The van der Waals surface area contributed by atoms with Crippen LogP contribution in [0.3, 0.4) is 0 Å². The van der Waals surface area contributed by atoms with Gasteiger partial charge in [-0.1, -0.05) is 18.2 Å². The van der Waals surface area contributed by atoms with Crippen molar-refractivity contribution in [3.05, 3.63) is 58.7 Å². The Morgan fingerprint density at radius 2 is 1.53 bits per heavy atom. The fraction of sp³-hybridized carbons (Fsp3) is 0.391. The summed E-state index contributed by atoms with van der Waals surface area (Å²) in [6, 6.07) is 5.61. The molecule has 1 aliphatic heterocycles. The molecular formula is C23H22F6N2O3. The molecule has 0 aliphatic carbocycles. The highest BCUT2D eigenvalue weighted by molar-refractivity contribution is 6.08. The van der Waals surface area contributed by atoms with Crippen molar-refractivity contribution in [1.29, 1.82) is 0 Å². The van der Waals surface area contributed by atoms with Crippen molar-refractivity contribution in [3.8, 4) is 0 Å². The van der Waals surface area contributed by atoms with Crippen LogP contribution in [-0.2, 0) is 21.9 Å². The summed E-state index contributed by atoms with van der Waals surface area (Å²) in [6.45, 7) is 4.02. The van der Waals surface area contributed by atoms with E-state index in [4.69, 9.17) is 0 Å². The average molecular weight is 488 g/mol. The Kier molecular flexibility index (Phi) is 6.47. The lowest BCUT2D eigenvalue weighted by molar-refractivity contribution is -0.143. The maximum atomic E-state index is 13.9. The number of aliphatic hydroxyl groups excluding tert-OH is 1. The second-order valence-corrected chi connectivity index (χ2v) is 8.43. The van der Waals surface area contributed by atoms with Crippen molar-refractivity contribution >= 4 is 23.2 Å². The molecule has 1 heterocycles. The maximum absolute atomic E-state index is 13.9. The molecule has 34 heavy (non-hydrogen) atoms. The van der Waals surface area contributed by atoms with Gasteiger partial charge in [0.2, 0.25) is 11.8 Å². The summed E-state index contributed by atoms with van der Waals surface area (Å²) in [6.07, 6.45) is -12.2. The van der Waals surface area contributed by atoms with Crippen molar-refractivity contribution in [2.24, 2.45) is 5.41 Å². The summed E-state index contributed by atoms with van der Waals surface area (Å²) in [7, 11) is 0. The van der Waals surface area contributed by atoms with E-state index in [0.29, 0.717) is 23.3 Å². The predicted molar refractivity (Wildman–Crippen MR) is 111 cm³/mol. The minimum Gasteiger partial charge on any atom is -0.392 e. The highest BCUT2D eigenvalue weighted by Crippen LogP contribution is 2.44. The predicted octanol–water partition coefficient (Wildman–Crippen LogP) is 4.89. The van der Waals surface area contributed by atoms with Crippen LogP contribution in [0.25, 0.3) is 0 Å². The normalized spacial score (nSPS) is 19.6. The van der Waals surface area contributed by atoms with E-state index in [2.05, 4.69) is 5.32 Å². The number of alkyl halides is 6. The van der Waals surface area contributed by atoms with Crippen molar-refractivity contribution in [3.63, 3.8) is 0 Å². The molecule has 184 valence electrons. The zero-order chi connectivity index (χ0) is 25.6. The van der Waals surface area contributed by atoms with Gasteiger partial charge in [0, 0.05) is 13.0 Å². The number of hydrogen-bond donors (Lipinski definition) is 2. The molecule has 1 fully saturated rings. The maximum Gasteiger partial charge on any atom is 0.416 e. The molecule has 1 saturated heterocycles. The SMILES string of the molecule is Cc1cccc(C)c1N(C(=O)C1(C(C)O)CNC(=O)C1)c1cc(C(F)(F)F)cc(C(F)(F)F)c1. The van der Waals surface area contributed by atoms with Crippen molar-refractivity contribution in [2.45, 2.75) is 45.6 Å². The highest BCUT2D eigenvalue weighted by atomic mass is 19.4. The number of halogens is 6. The smallest absolute Gasteiger partial charge is 0.392 e. The van der Waals surface area contributed by atoms with Crippen LogP contribution in [0.15, 0.2) is 36.4 Å². The number of aliphatic hydroxyl groups is 1. The molecule has 0 aromatic heterocycles. The minimum absolute atomic E-state index is 0.0258. The van der Waals surface area contributed by atoms with Crippen LogP contribution < -0.4 is 10.2 Å². The first-order valence-electron chi connectivity index (χ1n) is 10.2. The number of benzene rings is 2. The Morgan fingerprint density at radius 1 is 1.03 bits per heavy atom. The van der Waals surface area contributed by atoms with E-state index < -0.39 is 58.9 Å². The summed E-state index contributed by atoms with van der Waals surface area (Å²) < 4.78 is 81.3. The summed E-state index contributed by atoms with van der Waals surface area (Å²) in [5, 5.41) is 12.9. The van der Waals surface area contributed by atoms with Crippen LogP contribution in [0.1, 0.15) is 35.6 Å². The van der Waals surface area contributed by atoms with Gasteiger partial charge >= 0.3 is 12.4 Å². The van der Waals surface area contributed by atoms with Crippen molar-refractivity contribution < 1.29 is 41.0 Å². The second-order valence-electron chi connectivity index (χ2n) is 8.43. The van der Waals surface area contributed by atoms with Gasteiger partial charge in [-0.15, -0.1) is 0 Å². The van der Waals surface area contributed by atoms with Crippen LogP contribution in [-0.4, -0.2) is 29.6 Å². The summed E-state index contributed by atoms with van der Waals surface area (Å²) in [5.74, 6) is -1.57. The third-order valence-corrected chi connectivity index (χ3v) is 6.00. The zero-order valence-corrected chi connectivity index (χ0v) is 18.4. The molecule has 2 aromatic carbocycles. The largest absolute Gasteiger partial charge is 0.416 e.